The zero-order chi connectivity index (χ0) is 10.7. The topological polar surface area (TPSA) is 21.3 Å². The van der Waals surface area contributed by atoms with Crippen LogP contribution in [0, 0.1) is 11.6 Å². The van der Waals surface area contributed by atoms with Crippen molar-refractivity contribution >= 4 is 0 Å². The van der Waals surface area contributed by atoms with Crippen molar-refractivity contribution in [3.63, 3.8) is 0 Å². The molecule has 1 saturated heterocycles. The first-order chi connectivity index (χ1) is 7.29. The van der Waals surface area contributed by atoms with Crippen molar-refractivity contribution < 1.29 is 13.5 Å². The van der Waals surface area contributed by atoms with Gasteiger partial charge in [0.1, 0.15) is 17.7 Å². The summed E-state index contributed by atoms with van der Waals surface area (Å²) in [6.45, 7) is 1.82. The van der Waals surface area contributed by atoms with Crippen LogP contribution < -0.4 is 5.32 Å². The monoisotopic (exact) mass is 213 g/mol. The van der Waals surface area contributed by atoms with Gasteiger partial charge < -0.3 is 10.1 Å². The van der Waals surface area contributed by atoms with E-state index in [0.29, 0.717) is 13.2 Å². The molecule has 1 unspecified atom stereocenters. The molecule has 0 spiro atoms. The van der Waals surface area contributed by atoms with E-state index in [0.717, 1.165) is 13.0 Å². The minimum Gasteiger partial charge on any atom is -0.372 e. The van der Waals surface area contributed by atoms with Crippen LogP contribution in [-0.4, -0.2) is 19.7 Å². The highest BCUT2D eigenvalue weighted by atomic mass is 19.1. The number of rotatable bonds is 1. The quantitative estimate of drug-likeness (QED) is 0.770. The molecule has 1 N–H and O–H groups in total. The zero-order valence-corrected chi connectivity index (χ0v) is 8.30. The Morgan fingerprint density at radius 2 is 2.00 bits per heavy atom. The number of hydrogen-bond donors (Lipinski definition) is 1. The number of halogens is 2. The minimum atomic E-state index is -0.538. The van der Waals surface area contributed by atoms with Crippen molar-refractivity contribution in [3.05, 3.63) is 35.4 Å². The molecule has 0 radical (unpaired) electrons. The fourth-order valence-corrected chi connectivity index (χ4v) is 1.72. The minimum absolute atomic E-state index is 0.0342. The lowest BCUT2D eigenvalue weighted by Crippen LogP contribution is -2.21. The number of nitrogens with one attached hydrogen (secondary N) is 1. The third kappa shape index (κ3) is 2.33. The van der Waals surface area contributed by atoms with Crippen LogP contribution >= 0.6 is 0 Å². The van der Waals surface area contributed by atoms with Crippen molar-refractivity contribution in [2.24, 2.45) is 0 Å². The Labute approximate surface area is 87.2 Å². The highest BCUT2D eigenvalue weighted by molar-refractivity contribution is 5.22. The molecule has 2 nitrogen and oxygen atoms in total. The Kier molecular flexibility index (Phi) is 3.28. The van der Waals surface area contributed by atoms with E-state index in [-0.39, 0.29) is 5.56 Å². The lowest BCUT2D eigenvalue weighted by Gasteiger charge is -2.16. The molecule has 1 aliphatic heterocycles. The first-order valence-electron chi connectivity index (χ1n) is 5.05. The maximum absolute atomic E-state index is 13.4. The Hall–Kier alpha value is -1.00. The molecule has 15 heavy (non-hydrogen) atoms. The summed E-state index contributed by atoms with van der Waals surface area (Å²) in [5.41, 5.74) is 0.0342. The molecule has 1 aliphatic rings. The number of ether oxygens (including phenoxy) is 1. The first kappa shape index (κ1) is 10.5. The smallest absolute Gasteiger partial charge is 0.132 e. The Balaban J connectivity index is 2.26. The highest BCUT2D eigenvalue weighted by Gasteiger charge is 2.21. The predicted octanol–water partition coefficient (Wildman–Crippen LogP) is 2.02. The van der Waals surface area contributed by atoms with Crippen LogP contribution in [-0.2, 0) is 4.74 Å². The van der Waals surface area contributed by atoms with E-state index in [2.05, 4.69) is 5.32 Å². The Morgan fingerprint density at radius 3 is 2.73 bits per heavy atom. The Morgan fingerprint density at radius 1 is 1.27 bits per heavy atom. The van der Waals surface area contributed by atoms with Gasteiger partial charge in [0.05, 0.1) is 5.56 Å². The standard InChI is InChI=1S/C11H13F2NO/c12-8-3-1-4-9(13)11(8)10-7-14-5-2-6-15-10/h1,3-4,10,14H,2,5-7H2. The van der Waals surface area contributed by atoms with E-state index in [9.17, 15) is 8.78 Å². The molecule has 82 valence electrons. The van der Waals surface area contributed by atoms with Crippen molar-refractivity contribution in [2.45, 2.75) is 12.5 Å². The van der Waals surface area contributed by atoms with Crippen molar-refractivity contribution in [1.82, 2.24) is 5.32 Å². The van der Waals surface area contributed by atoms with E-state index in [1.165, 1.54) is 18.2 Å². The van der Waals surface area contributed by atoms with Crippen LogP contribution in [0.4, 0.5) is 8.78 Å². The van der Waals surface area contributed by atoms with Gasteiger partial charge in [0.25, 0.3) is 0 Å². The van der Waals surface area contributed by atoms with E-state index in [1.807, 2.05) is 0 Å². The third-order valence-electron chi connectivity index (χ3n) is 2.47. The van der Waals surface area contributed by atoms with Gasteiger partial charge in [0.15, 0.2) is 0 Å². The highest BCUT2D eigenvalue weighted by Crippen LogP contribution is 2.24. The predicted molar refractivity (Wildman–Crippen MR) is 52.5 cm³/mol. The normalized spacial score (nSPS) is 22.4. The summed E-state index contributed by atoms with van der Waals surface area (Å²) in [6.07, 6.45) is 0.348. The van der Waals surface area contributed by atoms with E-state index in [1.54, 1.807) is 0 Å². The maximum Gasteiger partial charge on any atom is 0.132 e. The van der Waals surface area contributed by atoms with Gasteiger partial charge in [-0.1, -0.05) is 6.07 Å². The van der Waals surface area contributed by atoms with Gasteiger partial charge in [-0.2, -0.15) is 0 Å². The summed E-state index contributed by atoms with van der Waals surface area (Å²) >= 11 is 0. The van der Waals surface area contributed by atoms with Crippen LogP contribution in [0.2, 0.25) is 0 Å². The van der Waals surface area contributed by atoms with Crippen LogP contribution in [0.5, 0.6) is 0 Å². The second-order valence-electron chi connectivity index (χ2n) is 3.55. The fourth-order valence-electron chi connectivity index (χ4n) is 1.72. The molecule has 0 bridgehead atoms. The van der Waals surface area contributed by atoms with E-state index < -0.39 is 17.7 Å². The van der Waals surface area contributed by atoms with Crippen molar-refractivity contribution in [1.29, 1.82) is 0 Å². The second-order valence-corrected chi connectivity index (χ2v) is 3.55. The molecule has 1 aromatic carbocycles. The summed E-state index contributed by atoms with van der Waals surface area (Å²) in [6, 6.07) is 3.87. The average molecular weight is 213 g/mol. The molecule has 1 fully saturated rings. The summed E-state index contributed by atoms with van der Waals surface area (Å²) in [5.74, 6) is -1.08. The molecule has 1 heterocycles. The average Bonchev–Trinajstić information content (AvgIpc) is 2.46. The van der Waals surface area contributed by atoms with Gasteiger partial charge in [-0.15, -0.1) is 0 Å². The van der Waals surface area contributed by atoms with Crippen molar-refractivity contribution in [2.75, 3.05) is 19.7 Å². The SMILES string of the molecule is Fc1cccc(F)c1C1CNCCCO1. The lowest BCUT2D eigenvalue weighted by molar-refractivity contribution is 0.0616. The zero-order valence-electron chi connectivity index (χ0n) is 8.30. The first-order valence-corrected chi connectivity index (χ1v) is 5.05. The largest absolute Gasteiger partial charge is 0.372 e. The summed E-state index contributed by atoms with van der Waals surface area (Å²) in [7, 11) is 0. The van der Waals surface area contributed by atoms with Gasteiger partial charge in [-0.3, -0.25) is 0 Å². The molecule has 0 saturated carbocycles. The van der Waals surface area contributed by atoms with E-state index >= 15 is 0 Å². The van der Waals surface area contributed by atoms with Crippen LogP contribution in [0.15, 0.2) is 18.2 Å². The molecule has 0 aliphatic carbocycles. The van der Waals surface area contributed by atoms with Crippen molar-refractivity contribution in [3.8, 4) is 0 Å². The summed E-state index contributed by atoms with van der Waals surface area (Å²) in [4.78, 5) is 0. The molecule has 2 rings (SSSR count). The summed E-state index contributed by atoms with van der Waals surface area (Å²) < 4.78 is 32.2. The van der Waals surface area contributed by atoms with Gasteiger partial charge in [-0.25, -0.2) is 8.78 Å². The molecule has 0 aromatic heterocycles. The molecule has 0 amide bonds. The maximum atomic E-state index is 13.4. The molecule has 1 atom stereocenters. The third-order valence-corrected chi connectivity index (χ3v) is 2.47. The van der Waals surface area contributed by atoms with E-state index in [4.69, 9.17) is 4.74 Å². The second kappa shape index (κ2) is 4.68. The molecule has 1 aromatic rings. The lowest BCUT2D eigenvalue weighted by atomic mass is 10.1. The van der Waals surface area contributed by atoms with Gasteiger partial charge >= 0.3 is 0 Å². The summed E-state index contributed by atoms with van der Waals surface area (Å²) in [5, 5.41) is 3.09. The van der Waals surface area contributed by atoms with Gasteiger partial charge in [0, 0.05) is 13.2 Å². The van der Waals surface area contributed by atoms with Crippen LogP contribution in [0.3, 0.4) is 0 Å². The number of benzene rings is 1. The molecule has 4 heteroatoms. The van der Waals surface area contributed by atoms with Gasteiger partial charge in [0.2, 0.25) is 0 Å². The number of hydrogen-bond acceptors (Lipinski definition) is 2. The Bertz CT molecular complexity index is 315. The molecular weight excluding hydrogens is 200 g/mol. The van der Waals surface area contributed by atoms with Gasteiger partial charge in [-0.05, 0) is 25.1 Å². The fraction of sp³-hybridized carbons (Fsp3) is 0.455. The molecular formula is C11H13F2NO. The van der Waals surface area contributed by atoms with Crippen LogP contribution in [0.25, 0.3) is 0 Å². The van der Waals surface area contributed by atoms with Crippen LogP contribution in [0.1, 0.15) is 18.1 Å².